The van der Waals surface area contributed by atoms with Gasteiger partial charge in [0.1, 0.15) is 5.76 Å². The predicted octanol–water partition coefficient (Wildman–Crippen LogP) is 2.77. The van der Waals surface area contributed by atoms with Crippen LogP contribution in [0.25, 0.3) is 0 Å². The van der Waals surface area contributed by atoms with E-state index in [9.17, 15) is 0 Å². The zero-order valence-electron chi connectivity index (χ0n) is 10.2. The number of piperidine rings is 1. The summed E-state index contributed by atoms with van der Waals surface area (Å²) in [6, 6.07) is 3.72. The highest BCUT2D eigenvalue weighted by atomic mass is 35.5. The molecule has 1 aliphatic heterocycles. The Bertz CT molecular complexity index is 345. The van der Waals surface area contributed by atoms with Crippen LogP contribution < -0.4 is 0 Å². The Kier molecular flexibility index (Phi) is 4.48. The molecule has 17 heavy (non-hydrogen) atoms. The van der Waals surface area contributed by atoms with Gasteiger partial charge in [0.2, 0.25) is 0 Å². The molecule has 1 atom stereocenters. The van der Waals surface area contributed by atoms with Crippen molar-refractivity contribution in [3.05, 3.63) is 23.1 Å². The first-order chi connectivity index (χ1) is 8.19. The molecular formula is C13H20ClNO2. The van der Waals surface area contributed by atoms with Gasteiger partial charge in [-0.25, -0.2) is 0 Å². The summed E-state index contributed by atoms with van der Waals surface area (Å²) in [4.78, 5) is 2.38. The molecule has 0 saturated carbocycles. The van der Waals surface area contributed by atoms with E-state index in [-0.39, 0.29) is 0 Å². The standard InChI is InChI=1S/C13H20ClNO2/c1-10(9-16)11-4-6-15(7-5-11)8-12-2-3-13(14)17-12/h2-3,10-11,16H,4-9H2,1H3/t10-/m0/s1. The Morgan fingerprint density at radius 3 is 2.71 bits per heavy atom. The zero-order valence-corrected chi connectivity index (χ0v) is 11.0. The molecule has 0 unspecified atom stereocenters. The van der Waals surface area contributed by atoms with E-state index in [1.54, 1.807) is 6.07 Å². The summed E-state index contributed by atoms with van der Waals surface area (Å²) in [5, 5.41) is 9.61. The predicted molar refractivity (Wildman–Crippen MR) is 68.0 cm³/mol. The van der Waals surface area contributed by atoms with Gasteiger partial charge in [0.05, 0.1) is 6.54 Å². The average molecular weight is 258 g/mol. The summed E-state index contributed by atoms with van der Waals surface area (Å²) >= 11 is 5.75. The van der Waals surface area contributed by atoms with Crippen molar-refractivity contribution in [1.29, 1.82) is 0 Å². The van der Waals surface area contributed by atoms with E-state index in [0.717, 1.165) is 38.2 Å². The number of nitrogens with zero attached hydrogens (tertiary/aromatic N) is 1. The lowest BCUT2D eigenvalue weighted by Crippen LogP contribution is -2.35. The molecule has 0 bridgehead atoms. The molecular weight excluding hydrogens is 238 g/mol. The van der Waals surface area contributed by atoms with Crippen LogP contribution in [0, 0.1) is 11.8 Å². The van der Waals surface area contributed by atoms with E-state index >= 15 is 0 Å². The van der Waals surface area contributed by atoms with Crippen molar-refractivity contribution in [3.8, 4) is 0 Å². The van der Waals surface area contributed by atoms with Crippen LogP contribution in [0.1, 0.15) is 25.5 Å². The number of aliphatic hydroxyl groups excluding tert-OH is 1. The van der Waals surface area contributed by atoms with Crippen LogP contribution in [-0.2, 0) is 6.54 Å². The fourth-order valence-electron chi connectivity index (χ4n) is 2.49. The van der Waals surface area contributed by atoms with E-state index in [1.165, 1.54) is 0 Å². The maximum absolute atomic E-state index is 9.15. The molecule has 0 radical (unpaired) electrons. The molecule has 96 valence electrons. The lowest BCUT2D eigenvalue weighted by atomic mass is 9.86. The Morgan fingerprint density at radius 2 is 2.18 bits per heavy atom. The smallest absolute Gasteiger partial charge is 0.193 e. The molecule has 1 aromatic heterocycles. The van der Waals surface area contributed by atoms with E-state index in [4.69, 9.17) is 21.1 Å². The maximum Gasteiger partial charge on any atom is 0.193 e. The van der Waals surface area contributed by atoms with Gasteiger partial charge >= 0.3 is 0 Å². The van der Waals surface area contributed by atoms with Crippen molar-refractivity contribution in [1.82, 2.24) is 4.90 Å². The normalized spacial score (nSPS) is 20.6. The highest BCUT2D eigenvalue weighted by molar-refractivity contribution is 6.28. The molecule has 3 nitrogen and oxygen atoms in total. The van der Waals surface area contributed by atoms with Crippen molar-refractivity contribution in [2.75, 3.05) is 19.7 Å². The number of hydrogen-bond donors (Lipinski definition) is 1. The Labute approximate surface area is 107 Å². The molecule has 1 aliphatic rings. The SMILES string of the molecule is C[C@@H](CO)C1CCN(Cc2ccc(Cl)o2)CC1. The molecule has 0 amide bonds. The fourth-order valence-corrected chi connectivity index (χ4v) is 2.65. The molecule has 2 heterocycles. The van der Waals surface area contributed by atoms with Crippen LogP contribution in [0.4, 0.5) is 0 Å². The van der Waals surface area contributed by atoms with Crippen molar-refractivity contribution < 1.29 is 9.52 Å². The third-order valence-electron chi connectivity index (χ3n) is 3.73. The van der Waals surface area contributed by atoms with Gasteiger partial charge in [-0.15, -0.1) is 0 Å². The number of likely N-dealkylation sites (tertiary alicyclic amines) is 1. The number of aliphatic hydroxyl groups is 1. The highest BCUT2D eigenvalue weighted by Gasteiger charge is 2.23. The van der Waals surface area contributed by atoms with Crippen molar-refractivity contribution in [3.63, 3.8) is 0 Å². The number of halogens is 1. The largest absolute Gasteiger partial charge is 0.448 e. The van der Waals surface area contributed by atoms with E-state index < -0.39 is 0 Å². The maximum atomic E-state index is 9.15. The Morgan fingerprint density at radius 1 is 1.47 bits per heavy atom. The summed E-state index contributed by atoms with van der Waals surface area (Å²) in [7, 11) is 0. The number of furan rings is 1. The molecule has 0 spiro atoms. The van der Waals surface area contributed by atoms with Crippen LogP contribution in [0.2, 0.25) is 5.22 Å². The lowest BCUT2D eigenvalue weighted by molar-refractivity contribution is 0.108. The van der Waals surface area contributed by atoms with Crippen LogP contribution in [0.5, 0.6) is 0 Å². The Balaban J connectivity index is 1.79. The van der Waals surface area contributed by atoms with E-state index in [0.29, 0.717) is 23.7 Å². The van der Waals surface area contributed by atoms with Crippen molar-refractivity contribution in [2.24, 2.45) is 11.8 Å². The minimum Gasteiger partial charge on any atom is -0.448 e. The molecule has 1 fully saturated rings. The topological polar surface area (TPSA) is 36.6 Å². The molecule has 0 aliphatic carbocycles. The van der Waals surface area contributed by atoms with Gasteiger partial charge in [-0.1, -0.05) is 6.92 Å². The van der Waals surface area contributed by atoms with Crippen LogP contribution in [-0.4, -0.2) is 29.7 Å². The van der Waals surface area contributed by atoms with Gasteiger partial charge in [0.25, 0.3) is 0 Å². The summed E-state index contributed by atoms with van der Waals surface area (Å²) in [6.07, 6.45) is 2.33. The Hall–Kier alpha value is -0.510. The van der Waals surface area contributed by atoms with Crippen molar-refractivity contribution >= 4 is 11.6 Å². The summed E-state index contributed by atoms with van der Waals surface area (Å²) in [6.45, 7) is 5.43. The van der Waals surface area contributed by atoms with E-state index in [2.05, 4.69) is 11.8 Å². The first kappa shape index (κ1) is 12.9. The van der Waals surface area contributed by atoms with Gasteiger partial charge in [0, 0.05) is 6.61 Å². The van der Waals surface area contributed by atoms with Crippen LogP contribution in [0.15, 0.2) is 16.5 Å². The highest BCUT2D eigenvalue weighted by Crippen LogP contribution is 2.26. The number of rotatable bonds is 4. The van der Waals surface area contributed by atoms with Crippen molar-refractivity contribution in [2.45, 2.75) is 26.3 Å². The average Bonchev–Trinajstić information content (AvgIpc) is 2.75. The molecule has 1 saturated heterocycles. The first-order valence-corrected chi connectivity index (χ1v) is 6.64. The minimum atomic E-state index is 0.304. The fraction of sp³-hybridized carbons (Fsp3) is 0.692. The van der Waals surface area contributed by atoms with Gasteiger partial charge < -0.3 is 9.52 Å². The van der Waals surface area contributed by atoms with Gasteiger partial charge in [-0.2, -0.15) is 0 Å². The summed E-state index contributed by atoms with van der Waals surface area (Å²) in [5.74, 6) is 2.02. The van der Waals surface area contributed by atoms with E-state index in [1.807, 2.05) is 6.07 Å². The van der Waals surface area contributed by atoms with Gasteiger partial charge in [0.15, 0.2) is 5.22 Å². The summed E-state index contributed by atoms with van der Waals surface area (Å²) in [5.41, 5.74) is 0. The summed E-state index contributed by atoms with van der Waals surface area (Å²) < 4.78 is 5.37. The quantitative estimate of drug-likeness (QED) is 0.901. The molecule has 1 aromatic rings. The second kappa shape index (κ2) is 5.89. The van der Waals surface area contributed by atoms with Gasteiger partial charge in [-0.3, -0.25) is 4.90 Å². The lowest BCUT2D eigenvalue weighted by Gasteiger charge is -2.33. The molecule has 1 N–H and O–H groups in total. The third-order valence-corrected chi connectivity index (χ3v) is 3.94. The van der Waals surface area contributed by atoms with Gasteiger partial charge in [-0.05, 0) is 61.5 Å². The minimum absolute atomic E-state index is 0.304. The second-order valence-electron chi connectivity index (χ2n) is 4.98. The monoisotopic (exact) mass is 257 g/mol. The molecule has 0 aromatic carbocycles. The number of hydrogen-bond acceptors (Lipinski definition) is 3. The second-order valence-corrected chi connectivity index (χ2v) is 5.35. The first-order valence-electron chi connectivity index (χ1n) is 6.26. The molecule has 4 heteroatoms. The van der Waals surface area contributed by atoms with Crippen LogP contribution >= 0.6 is 11.6 Å². The van der Waals surface area contributed by atoms with Crippen LogP contribution in [0.3, 0.4) is 0 Å². The third kappa shape index (κ3) is 3.47. The molecule has 2 rings (SSSR count). The zero-order chi connectivity index (χ0) is 12.3.